The number of carbonyl (C=O) groups is 1. The molecule has 168 valence electrons. The molecule has 0 aliphatic carbocycles. The molecule has 0 saturated heterocycles. The lowest BCUT2D eigenvalue weighted by molar-refractivity contribution is -0.120. The summed E-state index contributed by atoms with van der Waals surface area (Å²) in [6.45, 7) is 1.08. The lowest BCUT2D eigenvalue weighted by atomic mass is 9.98. The van der Waals surface area contributed by atoms with Crippen LogP contribution in [0.4, 0.5) is 5.69 Å². The summed E-state index contributed by atoms with van der Waals surface area (Å²) in [5.41, 5.74) is 8.07. The largest absolute Gasteiger partial charge is 0.310 e. The van der Waals surface area contributed by atoms with Gasteiger partial charge in [0.1, 0.15) is 0 Å². The molecule has 1 aliphatic heterocycles. The van der Waals surface area contributed by atoms with E-state index in [9.17, 15) is 10.1 Å². The highest BCUT2D eigenvalue weighted by Crippen LogP contribution is 2.36. The van der Waals surface area contributed by atoms with E-state index in [0.29, 0.717) is 31.5 Å². The molecular formula is C27H23N5OS. The predicted octanol–water partition coefficient (Wildman–Crippen LogP) is 4.37. The second kappa shape index (κ2) is 9.96. The molecule has 0 saturated carbocycles. The zero-order valence-corrected chi connectivity index (χ0v) is 19.3. The Morgan fingerprint density at radius 3 is 2.71 bits per heavy atom. The van der Waals surface area contributed by atoms with Crippen LogP contribution in [0.3, 0.4) is 0 Å². The first-order valence-electron chi connectivity index (χ1n) is 11.2. The normalized spacial score (nSPS) is 13.3. The number of pyridine rings is 1. The molecule has 6 nitrogen and oxygen atoms in total. The fraction of sp³-hybridized carbons (Fsp3) is 0.185. The van der Waals surface area contributed by atoms with Gasteiger partial charge < -0.3 is 4.90 Å². The Bertz CT molecular complexity index is 1320. The van der Waals surface area contributed by atoms with Crippen LogP contribution in [0.5, 0.6) is 0 Å². The molecule has 4 aromatic rings. The summed E-state index contributed by atoms with van der Waals surface area (Å²) in [5, 5.41) is 15.2. The summed E-state index contributed by atoms with van der Waals surface area (Å²) in [5.74, 6) is 0.00796. The van der Waals surface area contributed by atoms with E-state index >= 15 is 0 Å². The van der Waals surface area contributed by atoms with Gasteiger partial charge in [-0.05, 0) is 59.4 Å². The fourth-order valence-corrected chi connectivity index (χ4v) is 4.94. The standard InChI is InChI=1S/C27H23N5OS/c28-15-22-13-21(20-6-9-29-10-7-20)14-26-24(22)8-11-32(26)27(33)25(12-19-4-2-1-3-5-19)30-16-23-17-34-18-31-23/h1-7,9-10,13-14,17-18,25,30H,8,11-12,16H2. The number of fused-ring (bicyclic) bond motifs is 1. The van der Waals surface area contributed by atoms with Gasteiger partial charge in [-0.1, -0.05) is 30.3 Å². The molecule has 1 unspecified atom stereocenters. The third kappa shape index (κ3) is 4.60. The van der Waals surface area contributed by atoms with Crippen LogP contribution in [0, 0.1) is 11.3 Å². The van der Waals surface area contributed by atoms with E-state index in [1.54, 1.807) is 29.2 Å². The van der Waals surface area contributed by atoms with E-state index in [1.165, 1.54) is 0 Å². The molecule has 3 heterocycles. The zero-order valence-electron chi connectivity index (χ0n) is 18.5. The Morgan fingerprint density at radius 1 is 1.15 bits per heavy atom. The second-order valence-corrected chi connectivity index (χ2v) is 8.93. The van der Waals surface area contributed by atoms with Crippen LogP contribution in [0.2, 0.25) is 0 Å². The number of aromatic nitrogens is 2. The van der Waals surface area contributed by atoms with Crippen molar-refractivity contribution >= 4 is 22.9 Å². The molecule has 1 amide bonds. The Hall–Kier alpha value is -3.86. The van der Waals surface area contributed by atoms with Crippen molar-refractivity contribution < 1.29 is 4.79 Å². The van der Waals surface area contributed by atoms with Gasteiger partial charge in [-0.2, -0.15) is 5.26 Å². The molecule has 2 aromatic heterocycles. The molecule has 0 radical (unpaired) electrons. The van der Waals surface area contributed by atoms with Gasteiger partial charge in [0.15, 0.2) is 0 Å². The summed E-state index contributed by atoms with van der Waals surface area (Å²) in [7, 11) is 0. The number of amides is 1. The summed E-state index contributed by atoms with van der Waals surface area (Å²) >= 11 is 1.54. The molecule has 1 N–H and O–H groups in total. The van der Waals surface area contributed by atoms with E-state index < -0.39 is 6.04 Å². The molecule has 1 atom stereocenters. The van der Waals surface area contributed by atoms with Crippen molar-refractivity contribution in [2.75, 3.05) is 11.4 Å². The zero-order chi connectivity index (χ0) is 23.3. The molecule has 0 spiro atoms. The van der Waals surface area contributed by atoms with Gasteiger partial charge >= 0.3 is 0 Å². The number of carbonyl (C=O) groups excluding carboxylic acids is 1. The van der Waals surface area contributed by atoms with Crippen LogP contribution in [0.15, 0.2) is 77.9 Å². The molecule has 7 heteroatoms. The van der Waals surface area contributed by atoms with E-state index in [-0.39, 0.29) is 5.91 Å². The average Bonchev–Trinajstić information content (AvgIpc) is 3.57. The SMILES string of the molecule is N#Cc1cc(-c2ccncc2)cc2c1CCN2C(=O)C(Cc1ccccc1)NCc1cscn1. The number of hydrogen-bond donors (Lipinski definition) is 1. The van der Waals surface area contributed by atoms with Gasteiger partial charge in [-0.3, -0.25) is 15.1 Å². The number of benzene rings is 2. The minimum Gasteiger partial charge on any atom is -0.310 e. The van der Waals surface area contributed by atoms with Gasteiger partial charge in [0.2, 0.25) is 5.91 Å². The maximum atomic E-state index is 13.9. The molecule has 2 aromatic carbocycles. The van der Waals surface area contributed by atoms with E-state index in [4.69, 9.17) is 0 Å². The van der Waals surface area contributed by atoms with Crippen molar-refractivity contribution in [3.05, 3.63) is 100 Å². The number of nitrogens with one attached hydrogen (secondary N) is 1. The van der Waals surface area contributed by atoms with Crippen molar-refractivity contribution in [3.8, 4) is 17.2 Å². The minimum absolute atomic E-state index is 0.00796. The molecular weight excluding hydrogens is 442 g/mol. The second-order valence-electron chi connectivity index (χ2n) is 8.21. The Labute approximate surface area is 202 Å². The van der Waals surface area contributed by atoms with Crippen LogP contribution in [0.25, 0.3) is 11.1 Å². The Morgan fingerprint density at radius 2 is 1.97 bits per heavy atom. The van der Waals surface area contributed by atoms with E-state index in [1.807, 2.05) is 64.9 Å². The van der Waals surface area contributed by atoms with Crippen molar-refractivity contribution in [2.45, 2.75) is 25.4 Å². The number of anilines is 1. The van der Waals surface area contributed by atoms with Crippen molar-refractivity contribution in [1.82, 2.24) is 15.3 Å². The smallest absolute Gasteiger partial charge is 0.244 e. The summed E-state index contributed by atoms with van der Waals surface area (Å²) in [6, 6.07) is 19.7. The predicted molar refractivity (Wildman–Crippen MR) is 133 cm³/mol. The monoisotopic (exact) mass is 465 g/mol. The van der Waals surface area contributed by atoms with Gasteiger partial charge in [0, 0.05) is 36.6 Å². The van der Waals surface area contributed by atoms with Crippen LogP contribution >= 0.6 is 11.3 Å². The van der Waals surface area contributed by atoms with Gasteiger partial charge in [-0.15, -0.1) is 11.3 Å². The van der Waals surface area contributed by atoms with Crippen molar-refractivity contribution in [1.29, 1.82) is 5.26 Å². The first kappa shape index (κ1) is 22.0. The average molecular weight is 466 g/mol. The van der Waals surface area contributed by atoms with Gasteiger partial charge in [0.25, 0.3) is 0 Å². The molecule has 34 heavy (non-hydrogen) atoms. The summed E-state index contributed by atoms with van der Waals surface area (Å²) in [6.07, 6.45) is 4.71. The first-order valence-corrected chi connectivity index (χ1v) is 12.1. The number of hydrogen-bond acceptors (Lipinski definition) is 6. The topological polar surface area (TPSA) is 81.9 Å². The summed E-state index contributed by atoms with van der Waals surface area (Å²) in [4.78, 5) is 24.1. The first-order chi connectivity index (χ1) is 16.7. The summed E-state index contributed by atoms with van der Waals surface area (Å²) < 4.78 is 0. The maximum absolute atomic E-state index is 13.9. The fourth-order valence-electron chi connectivity index (χ4n) is 4.38. The van der Waals surface area contributed by atoms with Crippen LogP contribution in [-0.2, 0) is 24.2 Å². The van der Waals surface area contributed by atoms with Crippen molar-refractivity contribution in [3.63, 3.8) is 0 Å². The quantitative estimate of drug-likeness (QED) is 0.438. The van der Waals surface area contributed by atoms with Gasteiger partial charge in [0.05, 0.1) is 28.9 Å². The lowest BCUT2D eigenvalue weighted by Gasteiger charge is -2.25. The molecule has 0 bridgehead atoms. The number of rotatable bonds is 7. The number of thiazole rings is 1. The molecule has 1 aliphatic rings. The highest BCUT2D eigenvalue weighted by atomic mass is 32.1. The highest BCUT2D eigenvalue weighted by molar-refractivity contribution is 7.07. The number of nitriles is 1. The molecule has 0 fully saturated rings. The number of nitrogens with zero attached hydrogens (tertiary/aromatic N) is 4. The Balaban J connectivity index is 1.47. The van der Waals surface area contributed by atoms with Crippen LogP contribution < -0.4 is 10.2 Å². The van der Waals surface area contributed by atoms with Crippen molar-refractivity contribution in [2.24, 2.45) is 0 Å². The highest BCUT2D eigenvalue weighted by Gasteiger charge is 2.32. The molecule has 5 rings (SSSR count). The van der Waals surface area contributed by atoms with E-state index in [0.717, 1.165) is 33.6 Å². The van der Waals surface area contributed by atoms with Crippen LogP contribution in [0.1, 0.15) is 22.4 Å². The third-order valence-electron chi connectivity index (χ3n) is 6.10. The maximum Gasteiger partial charge on any atom is 0.244 e. The minimum atomic E-state index is -0.412. The lowest BCUT2D eigenvalue weighted by Crippen LogP contribution is -2.47. The third-order valence-corrected chi connectivity index (χ3v) is 6.73. The van der Waals surface area contributed by atoms with Gasteiger partial charge in [-0.25, -0.2) is 4.98 Å². The Kier molecular flexibility index (Phi) is 6.43. The van der Waals surface area contributed by atoms with E-state index in [2.05, 4.69) is 21.4 Å². The van der Waals surface area contributed by atoms with Crippen LogP contribution in [-0.4, -0.2) is 28.5 Å².